The first kappa shape index (κ1) is 17.0. The van der Waals surface area contributed by atoms with Gasteiger partial charge < -0.3 is 10.2 Å². The van der Waals surface area contributed by atoms with E-state index in [0.717, 1.165) is 12.1 Å². The number of nitrogens with one attached hydrogen (secondary N) is 1. The Balaban J connectivity index is 1.50. The molecule has 2 fully saturated rings. The largest absolute Gasteiger partial charge is 0.352 e. The summed E-state index contributed by atoms with van der Waals surface area (Å²) < 4.78 is 0. The molecule has 1 aromatic carbocycles. The van der Waals surface area contributed by atoms with Crippen LogP contribution in [0, 0.1) is 11.8 Å². The fraction of sp³-hybridized carbons (Fsp3) is 0.600. The highest BCUT2D eigenvalue weighted by atomic mass is 16.2. The molecule has 1 aromatic rings. The van der Waals surface area contributed by atoms with Gasteiger partial charge in [-0.3, -0.25) is 9.59 Å². The number of piperidine rings is 1. The van der Waals surface area contributed by atoms with Gasteiger partial charge in [0.05, 0.1) is 5.92 Å². The maximum Gasteiger partial charge on any atom is 0.225 e. The average molecular weight is 328 g/mol. The lowest BCUT2D eigenvalue weighted by Crippen LogP contribution is -2.47. The zero-order valence-corrected chi connectivity index (χ0v) is 14.4. The quantitative estimate of drug-likeness (QED) is 0.903. The van der Waals surface area contributed by atoms with Crippen LogP contribution < -0.4 is 5.32 Å². The standard InChI is InChI=1S/C20H28N2O2/c23-19-12-11-18(15-22(19)14-17-9-5-2-6-10-17)20(24)21-13-16-7-3-1-4-8-16/h1,3-4,7-8,17-18H,2,5-6,9-15H2,(H,21,24)/t18-/m1/s1. The summed E-state index contributed by atoms with van der Waals surface area (Å²) in [6, 6.07) is 9.96. The van der Waals surface area contributed by atoms with Gasteiger partial charge in [0, 0.05) is 26.1 Å². The lowest BCUT2D eigenvalue weighted by atomic mass is 9.87. The van der Waals surface area contributed by atoms with Crippen molar-refractivity contribution in [3.8, 4) is 0 Å². The van der Waals surface area contributed by atoms with Crippen LogP contribution in [0.3, 0.4) is 0 Å². The highest BCUT2D eigenvalue weighted by Crippen LogP contribution is 2.27. The third-order valence-corrected chi connectivity index (χ3v) is 5.38. The van der Waals surface area contributed by atoms with Crippen molar-refractivity contribution < 1.29 is 9.59 Å². The Morgan fingerprint density at radius 3 is 2.58 bits per heavy atom. The molecule has 0 radical (unpaired) electrons. The minimum absolute atomic E-state index is 0.0602. The maximum absolute atomic E-state index is 12.5. The van der Waals surface area contributed by atoms with Crippen LogP contribution in [0.1, 0.15) is 50.5 Å². The number of benzene rings is 1. The molecule has 0 spiro atoms. The molecule has 2 aliphatic rings. The molecule has 1 atom stereocenters. The normalized spacial score (nSPS) is 22.4. The molecule has 1 N–H and O–H groups in total. The summed E-state index contributed by atoms with van der Waals surface area (Å²) in [5, 5.41) is 3.03. The summed E-state index contributed by atoms with van der Waals surface area (Å²) in [6.45, 7) is 2.00. The Labute approximate surface area is 144 Å². The summed E-state index contributed by atoms with van der Waals surface area (Å²) >= 11 is 0. The molecule has 0 aromatic heterocycles. The van der Waals surface area contributed by atoms with Crippen LogP contribution in [0.5, 0.6) is 0 Å². The second-order valence-corrected chi connectivity index (χ2v) is 7.24. The average Bonchev–Trinajstić information content (AvgIpc) is 2.63. The van der Waals surface area contributed by atoms with Crippen LogP contribution in [0.25, 0.3) is 0 Å². The van der Waals surface area contributed by atoms with Crippen molar-refractivity contribution in [3.63, 3.8) is 0 Å². The van der Waals surface area contributed by atoms with Crippen molar-refractivity contribution in [2.45, 2.75) is 51.5 Å². The van der Waals surface area contributed by atoms with Crippen LogP contribution in [0.15, 0.2) is 30.3 Å². The van der Waals surface area contributed by atoms with Crippen LogP contribution in [0.2, 0.25) is 0 Å². The van der Waals surface area contributed by atoms with Crippen molar-refractivity contribution in [2.75, 3.05) is 13.1 Å². The molecule has 1 heterocycles. The number of likely N-dealkylation sites (tertiary alicyclic amines) is 1. The summed E-state index contributed by atoms with van der Waals surface area (Å²) in [4.78, 5) is 26.6. The van der Waals surface area contributed by atoms with E-state index in [1.54, 1.807) is 0 Å². The van der Waals surface area contributed by atoms with E-state index in [2.05, 4.69) is 5.32 Å². The van der Waals surface area contributed by atoms with Gasteiger partial charge in [0.15, 0.2) is 0 Å². The van der Waals surface area contributed by atoms with Gasteiger partial charge in [-0.1, -0.05) is 49.6 Å². The zero-order chi connectivity index (χ0) is 16.8. The van der Waals surface area contributed by atoms with Crippen molar-refractivity contribution in [1.82, 2.24) is 10.2 Å². The Bertz CT molecular complexity index is 552. The van der Waals surface area contributed by atoms with E-state index in [0.29, 0.717) is 31.8 Å². The summed E-state index contributed by atoms with van der Waals surface area (Å²) in [5.74, 6) is 0.886. The predicted octanol–water partition coefficient (Wildman–Crippen LogP) is 3.12. The second-order valence-electron chi connectivity index (χ2n) is 7.24. The molecule has 2 amide bonds. The number of hydrogen-bond donors (Lipinski definition) is 1. The van der Waals surface area contributed by atoms with Crippen LogP contribution >= 0.6 is 0 Å². The minimum Gasteiger partial charge on any atom is -0.352 e. The number of carbonyl (C=O) groups excluding carboxylic acids is 2. The number of carbonyl (C=O) groups is 2. The highest BCUT2D eigenvalue weighted by molar-refractivity contribution is 5.83. The highest BCUT2D eigenvalue weighted by Gasteiger charge is 2.31. The van der Waals surface area contributed by atoms with Gasteiger partial charge in [0.2, 0.25) is 11.8 Å². The van der Waals surface area contributed by atoms with Gasteiger partial charge >= 0.3 is 0 Å². The first-order valence-electron chi connectivity index (χ1n) is 9.32. The fourth-order valence-corrected chi connectivity index (χ4v) is 3.92. The fourth-order valence-electron chi connectivity index (χ4n) is 3.92. The molecule has 3 rings (SSSR count). The van der Waals surface area contributed by atoms with E-state index in [-0.39, 0.29) is 17.7 Å². The number of nitrogens with zero attached hydrogens (tertiary/aromatic N) is 1. The third-order valence-electron chi connectivity index (χ3n) is 5.38. The SMILES string of the molecule is O=C(NCc1ccccc1)[C@@H]1CCC(=O)N(CC2CCCCC2)C1. The van der Waals surface area contributed by atoms with Gasteiger partial charge in [-0.05, 0) is 30.7 Å². The van der Waals surface area contributed by atoms with Crippen molar-refractivity contribution in [1.29, 1.82) is 0 Å². The first-order chi connectivity index (χ1) is 11.7. The number of hydrogen-bond acceptors (Lipinski definition) is 2. The van der Waals surface area contributed by atoms with Crippen molar-refractivity contribution >= 4 is 11.8 Å². The molecule has 4 heteroatoms. The zero-order valence-electron chi connectivity index (χ0n) is 14.4. The third kappa shape index (κ3) is 4.59. The molecule has 1 aliphatic heterocycles. The van der Waals surface area contributed by atoms with Gasteiger partial charge in [0.1, 0.15) is 0 Å². The van der Waals surface area contributed by atoms with E-state index in [9.17, 15) is 9.59 Å². The Morgan fingerprint density at radius 1 is 1.08 bits per heavy atom. The molecule has 24 heavy (non-hydrogen) atoms. The Kier molecular flexibility index (Phi) is 5.89. The lowest BCUT2D eigenvalue weighted by Gasteiger charge is -2.35. The van der Waals surface area contributed by atoms with Crippen molar-refractivity contribution in [3.05, 3.63) is 35.9 Å². The van der Waals surface area contributed by atoms with Crippen molar-refractivity contribution in [2.24, 2.45) is 11.8 Å². The molecule has 130 valence electrons. The van der Waals surface area contributed by atoms with E-state index >= 15 is 0 Å². The molecule has 1 saturated heterocycles. The van der Waals surface area contributed by atoms with E-state index in [4.69, 9.17) is 0 Å². The van der Waals surface area contributed by atoms with Crippen LogP contribution in [0.4, 0.5) is 0 Å². The predicted molar refractivity (Wildman–Crippen MR) is 94.2 cm³/mol. The van der Waals surface area contributed by atoms with Gasteiger partial charge in [0.25, 0.3) is 0 Å². The Hall–Kier alpha value is -1.84. The minimum atomic E-state index is -0.0602. The van der Waals surface area contributed by atoms with Gasteiger partial charge in [-0.2, -0.15) is 0 Å². The van der Waals surface area contributed by atoms with Crippen LogP contribution in [-0.2, 0) is 16.1 Å². The summed E-state index contributed by atoms with van der Waals surface area (Å²) in [7, 11) is 0. The van der Waals surface area contributed by atoms with Gasteiger partial charge in [-0.15, -0.1) is 0 Å². The summed E-state index contributed by atoms with van der Waals surface area (Å²) in [6.07, 6.45) is 7.55. The smallest absolute Gasteiger partial charge is 0.225 e. The number of amides is 2. The first-order valence-corrected chi connectivity index (χ1v) is 9.32. The maximum atomic E-state index is 12.5. The molecule has 1 saturated carbocycles. The second kappa shape index (κ2) is 8.32. The molecular weight excluding hydrogens is 300 g/mol. The van der Waals surface area contributed by atoms with Crippen LogP contribution in [-0.4, -0.2) is 29.8 Å². The van der Waals surface area contributed by atoms with E-state index < -0.39 is 0 Å². The molecular formula is C20H28N2O2. The molecule has 1 aliphatic carbocycles. The molecule has 0 unspecified atom stereocenters. The topological polar surface area (TPSA) is 49.4 Å². The van der Waals surface area contributed by atoms with E-state index in [1.165, 1.54) is 32.1 Å². The lowest BCUT2D eigenvalue weighted by molar-refractivity contribution is -0.139. The number of rotatable bonds is 5. The monoisotopic (exact) mass is 328 g/mol. The summed E-state index contributed by atoms with van der Waals surface area (Å²) in [5.41, 5.74) is 1.11. The van der Waals surface area contributed by atoms with E-state index in [1.807, 2.05) is 35.2 Å². The molecule has 0 bridgehead atoms. The molecule has 4 nitrogen and oxygen atoms in total. The van der Waals surface area contributed by atoms with Gasteiger partial charge in [-0.25, -0.2) is 0 Å². The Morgan fingerprint density at radius 2 is 1.83 bits per heavy atom.